The second-order valence-corrected chi connectivity index (χ2v) is 7.71. The topological polar surface area (TPSA) is 47.9 Å². The number of fused-ring (bicyclic) bond motifs is 3. The molecule has 0 atom stereocenters. The van der Waals surface area contributed by atoms with Gasteiger partial charge in [0.05, 0.1) is 23.5 Å². The molecule has 0 saturated carbocycles. The van der Waals surface area contributed by atoms with Gasteiger partial charge in [-0.2, -0.15) is 0 Å². The van der Waals surface area contributed by atoms with E-state index in [0.717, 1.165) is 34.6 Å². The molecule has 0 saturated heterocycles. The summed E-state index contributed by atoms with van der Waals surface area (Å²) < 4.78 is 9.22. The van der Waals surface area contributed by atoms with Crippen molar-refractivity contribution < 1.29 is 4.74 Å². The van der Waals surface area contributed by atoms with Gasteiger partial charge in [0, 0.05) is 17.6 Å². The molecule has 0 N–H and O–H groups in total. The van der Waals surface area contributed by atoms with E-state index in [0.29, 0.717) is 5.88 Å². The van der Waals surface area contributed by atoms with Crippen molar-refractivity contribution in [1.29, 1.82) is 0 Å². The van der Waals surface area contributed by atoms with Crippen LogP contribution in [-0.2, 0) is 0 Å². The van der Waals surface area contributed by atoms with Crippen LogP contribution in [0.4, 0.5) is 0 Å². The first-order chi connectivity index (χ1) is 10.2. The van der Waals surface area contributed by atoms with E-state index < -0.39 is 0 Å². The van der Waals surface area contributed by atoms with E-state index in [1.165, 1.54) is 6.33 Å². The molecule has 7 heteroatoms. The Bertz CT molecular complexity index is 963. The van der Waals surface area contributed by atoms with Crippen LogP contribution >= 0.6 is 45.3 Å². The second kappa shape index (κ2) is 5.15. The lowest BCUT2D eigenvalue weighted by Crippen LogP contribution is -1.92. The number of hydrogen-bond donors (Lipinski definition) is 0. The van der Waals surface area contributed by atoms with Crippen LogP contribution in [-0.4, -0.2) is 15.0 Å². The molecule has 0 radical (unpaired) electrons. The number of rotatable bonds is 2. The van der Waals surface area contributed by atoms with Gasteiger partial charge in [0.15, 0.2) is 0 Å². The summed E-state index contributed by atoms with van der Waals surface area (Å²) in [6.45, 7) is 2.03. The first-order valence-electron chi connectivity index (χ1n) is 6.13. The molecule has 0 aliphatic carbocycles. The number of aryl methyl sites for hydroxylation is 1. The molecule has 0 aliphatic rings. The number of thiophene rings is 1. The molecule has 4 rings (SSSR count). The van der Waals surface area contributed by atoms with Crippen LogP contribution in [0.3, 0.4) is 0 Å². The fourth-order valence-electron chi connectivity index (χ4n) is 2.15. The van der Waals surface area contributed by atoms with E-state index in [2.05, 4.69) is 49.0 Å². The minimum absolute atomic E-state index is 0.582. The highest BCUT2D eigenvalue weighted by atomic mass is 127. The molecule has 4 nitrogen and oxygen atoms in total. The van der Waals surface area contributed by atoms with Crippen molar-refractivity contribution in [2.45, 2.75) is 6.92 Å². The molecule has 0 bridgehead atoms. The number of aromatic nitrogens is 3. The summed E-state index contributed by atoms with van der Waals surface area (Å²) in [6, 6.07) is 4.12. The maximum atomic E-state index is 6.03. The normalized spacial score (nSPS) is 11.3. The van der Waals surface area contributed by atoms with E-state index in [-0.39, 0.29) is 0 Å². The maximum absolute atomic E-state index is 6.03. The second-order valence-electron chi connectivity index (χ2n) is 4.40. The summed E-state index contributed by atoms with van der Waals surface area (Å²) in [6.07, 6.45) is 3.24. The van der Waals surface area contributed by atoms with Gasteiger partial charge < -0.3 is 4.74 Å². The minimum Gasteiger partial charge on any atom is -0.437 e. The molecular weight excluding hydrogens is 417 g/mol. The smallest absolute Gasteiger partial charge is 0.235 e. The third-order valence-electron chi connectivity index (χ3n) is 3.01. The van der Waals surface area contributed by atoms with Crippen molar-refractivity contribution >= 4 is 65.6 Å². The minimum atomic E-state index is 0.582. The van der Waals surface area contributed by atoms with Crippen LogP contribution in [0.15, 0.2) is 30.0 Å². The molecule has 0 amide bonds. The highest BCUT2D eigenvalue weighted by Gasteiger charge is 2.14. The zero-order valence-electron chi connectivity index (χ0n) is 10.8. The lowest BCUT2D eigenvalue weighted by Gasteiger charge is -2.07. The van der Waals surface area contributed by atoms with Crippen LogP contribution < -0.4 is 4.74 Å². The van der Waals surface area contributed by atoms with Crippen molar-refractivity contribution in [2.24, 2.45) is 0 Å². The summed E-state index contributed by atoms with van der Waals surface area (Å²) in [7, 11) is 0. The molecule has 0 fully saturated rings. The molecule has 0 unspecified atom stereocenters. The zero-order chi connectivity index (χ0) is 14.4. The standard InChI is InChI=1S/C14H8IN3OS2/c1-7-18-12-11(21-7)4-10(8-2-3-20-13(8)12)19-14-9(15)5-16-6-17-14/h2-6H,1H3. The van der Waals surface area contributed by atoms with E-state index in [4.69, 9.17) is 4.74 Å². The zero-order valence-corrected chi connectivity index (χ0v) is 14.6. The van der Waals surface area contributed by atoms with E-state index in [9.17, 15) is 0 Å². The third-order valence-corrected chi connectivity index (χ3v) is 5.59. The van der Waals surface area contributed by atoms with E-state index >= 15 is 0 Å². The number of benzene rings is 1. The Morgan fingerprint density at radius 3 is 3.10 bits per heavy atom. The van der Waals surface area contributed by atoms with Crippen molar-refractivity contribution in [3.63, 3.8) is 0 Å². The fraction of sp³-hybridized carbons (Fsp3) is 0.0714. The Morgan fingerprint density at radius 2 is 2.24 bits per heavy atom. The van der Waals surface area contributed by atoms with Gasteiger partial charge in [0.2, 0.25) is 5.88 Å². The Kier molecular flexibility index (Phi) is 3.27. The van der Waals surface area contributed by atoms with Crippen LogP contribution in [0.1, 0.15) is 5.01 Å². The van der Waals surface area contributed by atoms with Crippen molar-refractivity contribution in [3.05, 3.63) is 38.6 Å². The van der Waals surface area contributed by atoms with Gasteiger partial charge in [0.25, 0.3) is 0 Å². The Hall–Kier alpha value is -1.32. The number of halogens is 1. The number of nitrogens with zero attached hydrogens (tertiary/aromatic N) is 3. The first kappa shape index (κ1) is 13.4. The SMILES string of the molecule is Cc1nc2c(cc(Oc3ncncc3I)c3ccsc32)s1. The van der Waals surface area contributed by atoms with Gasteiger partial charge in [0.1, 0.15) is 12.1 Å². The van der Waals surface area contributed by atoms with Gasteiger partial charge in [-0.3, -0.25) is 0 Å². The summed E-state index contributed by atoms with van der Waals surface area (Å²) in [5.74, 6) is 1.40. The fourth-order valence-corrected chi connectivity index (χ4v) is 4.40. The lowest BCUT2D eigenvalue weighted by atomic mass is 10.2. The van der Waals surface area contributed by atoms with Crippen molar-refractivity contribution in [3.8, 4) is 11.6 Å². The lowest BCUT2D eigenvalue weighted by molar-refractivity contribution is 0.463. The molecule has 21 heavy (non-hydrogen) atoms. The first-order valence-corrected chi connectivity index (χ1v) is 8.90. The molecule has 1 aromatic carbocycles. The summed E-state index contributed by atoms with van der Waals surface area (Å²) in [4.78, 5) is 12.8. The number of thiazole rings is 1. The van der Waals surface area contributed by atoms with Crippen LogP contribution in [0.2, 0.25) is 0 Å². The van der Waals surface area contributed by atoms with Crippen LogP contribution in [0.5, 0.6) is 11.6 Å². The molecule has 104 valence electrons. The molecule has 3 heterocycles. The molecule has 0 aliphatic heterocycles. The average molecular weight is 425 g/mol. The van der Waals surface area contributed by atoms with Gasteiger partial charge in [-0.15, -0.1) is 22.7 Å². The highest BCUT2D eigenvalue weighted by Crippen LogP contribution is 2.40. The third kappa shape index (κ3) is 2.29. The van der Waals surface area contributed by atoms with E-state index in [1.54, 1.807) is 28.9 Å². The molecule has 0 spiro atoms. The van der Waals surface area contributed by atoms with Crippen molar-refractivity contribution in [1.82, 2.24) is 15.0 Å². The predicted octanol–water partition coefficient (Wildman–Crippen LogP) is 5.01. The quantitative estimate of drug-likeness (QED) is 0.424. The van der Waals surface area contributed by atoms with Gasteiger partial charge >= 0.3 is 0 Å². The van der Waals surface area contributed by atoms with Gasteiger partial charge in [-0.25, -0.2) is 15.0 Å². The summed E-state index contributed by atoms with van der Waals surface area (Å²) in [5.41, 5.74) is 1.06. The molecule has 3 aromatic heterocycles. The molecule has 4 aromatic rings. The van der Waals surface area contributed by atoms with Gasteiger partial charge in [-0.1, -0.05) is 0 Å². The Balaban J connectivity index is 1.94. The largest absolute Gasteiger partial charge is 0.437 e. The molecular formula is C14H8IN3OS2. The maximum Gasteiger partial charge on any atom is 0.235 e. The average Bonchev–Trinajstić information content (AvgIpc) is 3.06. The highest BCUT2D eigenvalue weighted by molar-refractivity contribution is 14.1. The number of ether oxygens (including phenoxy) is 1. The monoisotopic (exact) mass is 425 g/mol. The Morgan fingerprint density at radius 1 is 1.33 bits per heavy atom. The van der Waals surface area contributed by atoms with Gasteiger partial charge in [-0.05, 0) is 41.0 Å². The number of hydrogen-bond acceptors (Lipinski definition) is 6. The summed E-state index contributed by atoms with van der Waals surface area (Å²) in [5, 5.41) is 4.21. The van der Waals surface area contributed by atoms with Crippen molar-refractivity contribution in [2.75, 3.05) is 0 Å². The van der Waals surface area contributed by atoms with E-state index in [1.807, 2.05) is 13.0 Å². The van der Waals surface area contributed by atoms with Crippen LogP contribution in [0, 0.1) is 10.5 Å². The Labute approximate surface area is 142 Å². The predicted molar refractivity (Wildman–Crippen MR) is 94.6 cm³/mol. The summed E-state index contributed by atoms with van der Waals surface area (Å²) >= 11 is 5.54. The van der Waals surface area contributed by atoms with Crippen LogP contribution in [0.25, 0.3) is 20.3 Å².